The molecule has 0 bridgehead atoms. The zero-order valence-electron chi connectivity index (χ0n) is 8.78. The lowest BCUT2D eigenvalue weighted by Crippen LogP contribution is -2.09. The van der Waals surface area contributed by atoms with Crippen molar-refractivity contribution >= 4 is 17.3 Å². The van der Waals surface area contributed by atoms with Crippen LogP contribution in [-0.4, -0.2) is 22.4 Å². The second kappa shape index (κ2) is 5.01. The quantitative estimate of drug-likeness (QED) is 0.449. The molecule has 90 valence electrons. The van der Waals surface area contributed by atoms with Crippen LogP contribution in [0.25, 0.3) is 0 Å². The number of nitro groups is 2. The summed E-state index contributed by atoms with van der Waals surface area (Å²) in [4.78, 5) is 30.9. The van der Waals surface area contributed by atoms with Crippen molar-refractivity contribution in [1.29, 1.82) is 0 Å². The molecule has 8 nitrogen and oxygen atoms in total. The summed E-state index contributed by atoms with van der Waals surface area (Å²) < 4.78 is 4.59. The maximum atomic E-state index is 11.4. The van der Waals surface area contributed by atoms with Crippen LogP contribution in [0.4, 0.5) is 11.4 Å². The van der Waals surface area contributed by atoms with E-state index in [-0.39, 0.29) is 6.61 Å². The van der Waals surface area contributed by atoms with Crippen molar-refractivity contribution < 1.29 is 19.4 Å². The van der Waals surface area contributed by atoms with Crippen LogP contribution in [0.5, 0.6) is 0 Å². The molecule has 17 heavy (non-hydrogen) atoms. The normalized spacial score (nSPS) is 9.71. The Bertz CT molecular complexity index is 484. The predicted molar refractivity (Wildman–Crippen MR) is 55.7 cm³/mol. The van der Waals surface area contributed by atoms with E-state index in [1.54, 1.807) is 0 Å². The van der Waals surface area contributed by atoms with Gasteiger partial charge in [-0.05, 0) is 13.0 Å². The third-order valence-electron chi connectivity index (χ3n) is 1.89. The molecule has 0 saturated heterocycles. The predicted octanol–water partition coefficient (Wildman–Crippen LogP) is 1.68. The summed E-state index contributed by atoms with van der Waals surface area (Å²) in [5, 5.41) is 21.4. The topological polar surface area (TPSA) is 113 Å². The first kappa shape index (κ1) is 12.6. The van der Waals surface area contributed by atoms with E-state index >= 15 is 0 Å². The van der Waals surface area contributed by atoms with Gasteiger partial charge in [-0.3, -0.25) is 20.2 Å². The van der Waals surface area contributed by atoms with Crippen LogP contribution < -0.4 is 0 Å². The average Bonchev–Trinajstić information content (AvgIpc) is 2.28. The van der Waals surface area contributed by atoms with Gasteiger partial charge in [0.2, 0.25) is 0 Å². The Balaban J connectivity index is 3.40. The van der Waals surface area contributed by atoms with E-state index in [2.05, 4.69) is 4.74 Å². The smallest absolute Gasteiger partial charge is 0.360 e. The van der Waals surface area contributed by atoms with Gasteiger partial charge in [0, 0.05) is 6.07 Å². The van der Waals surface area contributed by atoms with E-state index in [0.29, 0.717) is 0 Å². The minimum absolute atomic E-state index is 0.0265. The van der Waals surface area contributed by atoms with Crippen molar-refractivity contribution in [2.45, 2.75) is 6.92 Å². The van der Waals surface area contributed by atoms with Crippen LogP contribution in [0.2, 0.25) is 0 Å². The van der Waals surface area contributed by atoms with Crippen molar-refractivity contribution in [3.05, 3.63) is 44.0 Å². The highest BCUT2D eigenvalue weighted by atomic mass is 16.6. The maximum Gasteiger partial charge on any atom is 0.360 e. The summed E-state index contributed by atoms with van der Waals surface area (Å²) in [6.45, 7) is 1.56. The zero-order valence-corrected chi connectivity index (χ0v) is 8.78. The second-order valence-electron chi connectivity index (χ2n) is 2.91. The summed E-state index contributed by atoms with van der Waals surface area (Å²) in [6.07, 6.45) is 0. The Labute approximate surface area is 95.1 Å². The molecule has 0 aliphatic heterocycles. The number of nitrogens with zero attached hydrogens (tertiary/aromatic N) is 2. The number of hydrogen-bond donors (Lipinski definition) is 0. The summed E-state index contributed by atoms with van der Waals surface area (Å²) in [5.41, 5.74) is -2.01. The van der Waals surface area contributed by atoms with Gasteiger partial charge < -0.3 is 4.74 Å². The van der Waals surface area contributed by atoms with E-state index in [1.165, 1.54) is 13.0 Å². The van der Waals surface area contributed by atoms with Gasteiger partial charge in [-0.2, -0.15) is 0 Å². The lowest BCUT2D eigenvalue weighted by Gasteiger charge is -2.02. The fraction of sp³-hybridized carbons (Fsp3) is 0.222. The molecule has 0 aliphatic rings. The monoisotopic (exact) mass is 240 g/mol. The highest BCUT2D eigenvalue weighted by Crippen LogP contribution is 2.30. The van der Waals surface area contributed by atoms with Crippen molar-refractivity contribution in [3.8, 4) is 0 Å². The van der Waals surface area contributed by atoms with Gasteiger partial charge in [-0.15, -0.1) is 0 Å². The Morgan fingerprint density at radius 2 is 1.94 bits per heavy atom. The molecule has 1 rings (SSSR count). The van der Waals surface area contributed by atoms with Gasteiger partial charge in [0.1, 0.15) is 5.56 Å². The summed E-state index contributed by atoms with van der Waals surface area (Å²) in [5.74, 6) is -0.956. The van der Waals surface area contributed by atoms with Crippen LogP contribution >= 0.6 is 0 Å². The number of carbonyl (C=O) groups is 1. The third kappa shape index (κ3) is 2.54. The fourth-order valence-corrected chi connectivity index (χ4v) is 1.24. The minimum Gasteiger partial charge on any atom is -0.462 e. The first-order valence-electron chi connectivity index (χ1n) is 4.58. The number of benzene rings is 1. The van der Waals surface area contributed by atoms with Gasteiger partial charge in [0.15, 0.2) is 0 Å². The first-order valence-corrected chi connectivity index (χ1v) is 4.58. The standard InChI is InChI=1S/C9H8N2O6/c1-2-17-9(12)6-4-3-5-7(10(13)14)8(6)11(15)16/h3-5H,2H2,1H3. The highest BCUT2D eigenvalue weighted by Gasteiger charge is 2.31. The molecule has 1 aromatic rings. The molecular formula is C9H8N2O6. The van der Waals surface area contributed by atoms with Crippen LogP contribution in [0.15, 0.2) is 18.2 Å². The fourth-order valence-electron chi connectivity index (χ4n) is 1.24. The van der Waals surface area contributed by atoms with E-state index < -0.39 is 32.8 Å². The van der Waals surface area contributed by atoms with Crippen molar-refractivity contribution in [2.24, 2.45) is 0 Å². The highest BCUT2D eigenvalue weighted by molar-refractivity contribution is 5.95. The van der Waals surface area contributed by atoms with Crippen LogP contribution in [0, 0.1) is 20.2 Å². The Morgan fingerprint density at radius 3 is 2.41 bits per heavy atom. The first-order chi connectivity index (χ1) is 7.99. The second-order valence-corrected chi connectivity index (χ2v) is 2.91. The summed E-state index contributed by atoms with van der Waals surface area (Å²) in [6, 6.07) is 3.27. The number of rotatable bonds is 4. The molecule has 1 aromatic carbocycles. The van der Waals surface area contributed by atoms with E-state index in [9.17, 15) is 25.0 Å². The molecule has 0 amide bonds. The van der Waals surface area contributed by atoms with Gasteiger partial charge in [0.25, 0.3) is 0 Å². The van der Waals surface area contributed by atoms with Crippen LogP contribution in [-0.2, 0) is 4.74 Å². The molecule has 0 unspecified atom stereocenters. The molecule has 8 heteroatoms. The molecule has 0 aromatic heterocycles. The van der Waals surface area contributed by atoms with Gasteiger partial charge in [-0.1, -0.05) is 6.07 Å². The number of hydrogen-bond acceptors (Lipinski definition) is 6. The Kier molecular flexibility index (Phi) is 3.70. The number of esters is 1. The Hall–Kier alpha value is -2.51. The number of ether oxygens (including phenoxy) is 1. The minimum atomic E-state index is -0.968. The molecule has 0 aliphatic carbocycles. The summed E-state index contributed by atoms with van der Waals surface area (Å²) in [7, 11) is 0. The van der Waals surface area contributed by atoms with Gasteiger partial charge in [-0.25, -0.2) is 4.79 Å². The molecule has 0 fully saturated rings. The molecule has 0 heterocycles. The number of nitro benzene ring substituents is 2. The van der Waals surface area contributed by atoms with Gasteiger partial charge >= 0.3 is 17.3 Å². The molecule has 0 saturated carbocycles. The van der Waals surface area contributed by atoms with Gasteiger partial charge in [0.05, 0.1) is 16.5 Å². The molecule has 0 radical (unpaired) electrons. The molecule has 0 spiro atoms. The Morgan fingerprint density at radius 1 is 1.29 bits per heavy atom. The van der Waals surface area contributed by atoms with E-state index in [1.807, 2.05) is 0 Å². The average molecular weight is 240 g/mol. The van der Waals surface area contributed by atoms with Crippen LogP contribution in [0.3, 0.4) is 0 Å². The molecule has 0 N–H and O–H groups in total. The largest absolute Gasteiger partial charge is 0.462 e. The van der Waals surface area contributed by atoms with Crippen LogP contribution in [0.1, 0.15) is 17.3 Å². The number of carbonyl (C=O) groups excluding carboxylic acids is 1. The molecule has 0 atom stereocenters. The maximum absolute atomic E-state index is 11.4. The van der Waals surface area contributed by atoms with Crippen molar-refractivity contribution in [2.75, 3.05) is 6.61 Å². The zero-order chi connectivity index (χ0) is 13.0. The third-order valence-corrected chi connectivity index (χ3v) is 1.89. The lowest BCUT2D eigenvalue weighted by molar-refractivity contribution is -0.422. The van der Waals surface area contributed by atoms with E-state index in [4.69, 9.17) is 0 Å². The number of para-hydroxylation sites is 1. The van der Waals surface area contributed by atoms with Crippen molar-refractivity contribution in [3.63, 3.8) is 0 Å². The van der Waals surface area contributed by atoms with E-state index in [0.717, 1.165) is 12.1 Å². The van der Waals surface area contributed by atoms with Crippen molar-refractivity contribution in [1.82, 2.24) is 0 Å². The summed E-state index contributed by atoms with van der Waals surface area (Å²) >= 11 is 0. The lowest BCUT2D eigenvalue weighted by atomic mass is 10.1. The SMILES string of the molecule is CCOC(=O)c1cccc([N+](=O)[O-])c1[N+](=O)[O-]. The molecular weight excluding hydrogens is 232 g/mol.